The van der Waals surface area contributed by atoms with Gasteiger partial charge in [-0.1, -0.05) is 6.07 Å². The van der Waals surface area contributed by atoms with Gasteiger partial charge in [0.05, 0.1) is 17.5 Å². The number of imide groups is 2. The van der Waals surface area contributed by atoms with Crippen LogP contribution in [0.4, 0.5) is 5.82 Å². The van der Waals surface area contributed by atoms with Crippen LogP contribution in [0.5, 0.6) is 5.75 Å². The first-order valence-corrected chi connectivity index (χ1v) is 21.2. The molecule has 4 fully saturated rings. The van der Waals surface area contributed by atoms with E-state index in [1.54, 1.807) is 18.5 Å². The summed E-state index contributed by atoms with van der Waals surface area (Å²) in [6, 6.07) is 9.12. The molecule has 4 aromatic rings. The van der Waals surface area contributed by atoms with Crippen molar-refractivity contribution in [2.45, 2.75) is 76.4 Å². The van der Waals surface area contributed by atoms with Crippen LogP contribution in [0.1, 0.15) is 94.3 Å². The number of nitrogens with one attached hydrogen (secondary N) is 3. The van der Waals surface area contributed by atoms with E-state index >= 15 is 0 Å². The van der Waals surface area contributed by atoms with E-state index in [2.05, 4.69) is 45.4 Å². The van der Waals surface area contributed by atoms with E-state index in [4.69, 9.17) is 4.74 Å². The highest BCUT2D eigenvalue weighted by Crippen LogP contribution is 2.35. The smallest absolute Gasteiger partial charge is 0.270 e. The Labute approximate surface area is 351 Å². The summed E-state index contributed by atoms with van der Waals surface area (Å²) in [5.41, 5.74) is 3.06. The first kappa shape index (κ1) is 40.1. The standard InChI is InChI=1S/C43H49N11O7/c1-25-3-2-4-33(48-25)40(57)49-28-17-29(18-28)53-24-47-37-38(45-23-46-39(37)53)44-20-26-9-13-51(14-10-26)21-27-11-15-52(16-12-27)36(56)22-61-30-5-6-31-32(19-30)43(60)54(42(31)59)34-7-8-35(55)50-41(34)58/h2-6,19,23-24,26-29,34H,7-18,20-22H2,1H3,(H,49,57)(H,44,45,46)(H,50,55,58)/t28?,29?,34-/m1/s1. The molecule has 5 aliphatic rings. The molecule has 6 amide bonds. The van der Waals surface area contributed by atoms with Gasteiger partial charge in [-0.15, -0.1) is 0 Å². The maximum Gasteiger partial charge on any atom is 0.270 e. The predicted molar refractivity (Wildman–Crippen MR) is 219 cm³/mol. The number of piperidine rings is 3. The first-order chi connectivity index (χ1) is 29.6. The first-order valence-electron chi connectivity index (χ1n) is 21.2. The lowest BCUT2D eigenvalue weighted by Gasteiger charge is -2.37. The number of nitrogens with zero attached hydrogens (tertiary/aromatic N) is 8. The molecule has 3 aromatic heterocycles. The Morgan fingerprint density at radius 2 is 1.66 bits per heavy atom. The molecule has 7 heterocycles. The Balaban J connectivity index is 0.681. The third kappa shape index (κ3) is 8.40. The number of amides is 6. The number of aromatic nitrogens is 5. The highest BCUT2D eigenvalue weighted by molar-refractivity contribution is 6.23. The van der Waals surface area contributed by atoms with E-state index in [1.807, 2.05) is 30.3 Å². The lowest BCUT2D eigenvalue weighted by Crippen LogP contribution is -2.54. The van der Waals surface area contributed by atoms with E-state index in [9.17, 15) is 28.8 Å². The number of hydrogen-bond donors (Lipinski definition) is 3. The number of fused-ring (bicyclic) bond motifs is 2. The molecular weight excluding hydrogens is 783 g/mol. The zero-order chi connectivity index (χ0) is 42.2. The van der Waals surface area contributed by atoms with Gasteiger partial charge in [0, 0.05) is 50.4 Å². The molecule has 3 saturated heterocycles. The van der Waals surface area contributed by atoms with Crippen LogP contribution in [0.2, 0.25) is 0 Å². The van der Waals surface area contributed by atoms with Gasteiger partial charge in [-0.2, -0.15) is 0 Å². The topological polar surface area (TPSA) is 214 Å². The van der Waals surface area contributed by atoms with Crippen molar-refractivity contribution >= 4 is 52.4 Å². The quantitative estimate of drug-likeness (QED) is 0.175. The van der Waals surface area contributed by atoms with Crippen molar-refractivity contribution in [3.8, 4) is 5.75 Å². The van der Waals surface area contributed by atoms with Crippen LogP contribution in [-0.4, -0.2) is 133 Å². The Morgan fingerprint density at radius 1 is 0.885 bits per heavy atom. The van der Waals surface area contributed by atoms with Gasteiger partial charge in [0.1, 0.15) is 29.3 Å². The molecule has 1 aromatic carbocycles. The van der Waals surface area contributed by atoms with Crippen molar-refractivity contribution in [3.05, 3.63) is 71.6 Å². The molecule has 9 rings (SSSR count). The van der Waals surface area contributed by atoms with Crippen LogP contribution in [0.25, 0.3) is 11.2 Å². The van der Waals surface area contributed by atoms with Crippen molar-refractivity contribution in [3.63, 3.8) is 0 Å². The van der Waals surface area contributed by atoms with Crippen molar-refractivity contribution in [1.29, 1.82) is 0 Å². The molecule has 0 spiro atoms. The van der Waals surface area contributed by atoms with Crippen molar-refractivity contribution in [2.75, 3.05) is 51.2 Å². The SMILES string of the molecule is Cc1cccc(C(=O)NC2CC(n3cnc4c(NCC5CCN(CC6CCN(C(=O)COc7ccc8c(c7)C(=O)N([C@@H]7CCC(=O)NC7=O)C8=O)CC6)CC5)ncnc43)C2)n1. The summed E-state index contributed by atoms with van der Waals surface area (Å²) in [5, 5.41) is 8.84. The number of carbonyl (C=O) groups excluding carboxylic acids is 6. The predicted octanol–water partition coefficient (Wildman–Crippen LogP) is 2.51. The van der Waals surface area contributed by atoms with E-state index in [1.165, 1.54) is 12.1 Å². The van der Waals surface area contributed by atoms with E-state index in [0.29, 0.717) is 30.6 Å². The van der Waals surface area contributed by atoms with E-state index in [0.717, 1.165) is 92.3 Å². The zero-order valence-corrected chi connectivity index (χ0v) is 34.0. The average Bonchev–Trinajstić information content (AvgIpc) is 3.78. The molecule has 0 bridgehead atoms. The molecule has 18 nitrogen and oxygen atoms in total. The highest BCUT2D eigenvalue weighted by Gasteiger charge is 2.45. The third-order valence-electron chi connectivity index (χ3n) is 12.8. The Kier molecular flexibility index (Phi) is 11.2. The summed E-state index contributed by atoms with van der Waals surface area (Å²) in [6.45, 7) is 6.84. The summed E-state index contributed by atoms with van der Waals surface area (Å²) in [4.78, 5) is 99.2. The van der Waals surface area contributed by atoms with Crippen molar-refractivity contribution in [1.82, 2.24) is 49.8 Å². The molecule has 61 heavy (non-hydrogen) atoms. The molecule has 1 saturated carbocycles. The van der Waals surface area contributed by atoms with Crippen LogP contribution in [0, 0.1) is 18.8 Å². The number of ether oxygens (including phenoxy) is 1. The summed E-state index contributed by atoms with van der Waals surface area (Å²) >= 11 is 0. The maximum absolute atomic E-state index is 13.2. The second kappa shape index (κ2) is 17.0. The summed E-state index contributed by atoms with van der Waals surface area (Å²) < 4.78 is 7.88. The lowest BCUT2D eigenvalue weighted by molar-refractivity contribution is -0.136. The van der Waals surface area contributed by atoms with Gasteiger partial charge in [0.25, 0.3) is 23.6 Å². The molecule has 4 aliphatic heterocycles. The van der Waals surface area contributed by atoms with Gasteiger partial charge < -0.3 is 29.7 Å². The second-order valence-corrected chi connectivity index (χ2v) is 16.9. The average molecular weight is 832 g/mol. The van der Waals surface area contributed by atoms with Crippen LogP contribution in [-0.2, 0) is 14.4 Å². The Bertz CT molecular complexity index is 2380. The fraction of sp³-hybridized carbons (Fsp3) is 0.488. The number of rotatable bonds is 12. The normalized spacial score (nSPS) is 22.5. The van der Waals surface area contributed by atoms with Crippen LogP contribution in [0.3, 0.4) is 0 Å². The van der Waals surface area contributed by atoms with Crippen molar-refractivity contribution < 1.29 is 33.5 Å². The van der Waals surface area contributed by atoms with Crippen LogP contribution < -0.4 is 20.7 Å². The monoisotopic (exact) mass is 831 g/mol. The van der Waals surface area contributed by atoms with Gasteiger partial charge in [-0.05, 0) is 107 Å². The molecule has 1 aliphatic carbocycles. The fourth-order valence-electron chi connectivity index (χ4n) is 9.23. The Hall–Kier alpha value is -6.30. The number of likely N-dealkylation sites (tertiary alicyclic amines) is 2. The molecule has 0 radical (unpaired) electrons. The lowest BCUT2D eigenvalue weighted by atomic mass is 9.86. The Morgan fingerprint density at radius 3 is 2.43 bits per heavy atom. The molecule has 1 atom stereocenters. The molecule has 0 unspecified atom stereocenters. The number of imidazole rings is 1. The van der Waals surface area contributed by atoms with Crippen LogP contribution in [0.15, 0.2) is 49.1 Å². The van der Waals surface area contributed by atoms with Crippen molar-refractivity contribution in [2.24, 2.45) is 11.8 Å². The van der Waals surface area contributed by atoms with Gasteiger partial charge in [0.2, 0.25) is 11.8 Å². The van der Waals surface area contributed by atoms with Crippen LogP contribution >= 0.6 is 0 Å². The largest absolute Gasteiger partial charge is 0.484 e. The van der Waals surface area contributed by atoms with Gasteiger partial charge in [-0.3, -0.25) is 39.0 Å². The summed E-state index contributed by atoms with van der Waals surface area (Å²) in [7, 11) is 0. The minimum absolute atomic E-state index is 0.0436. The van der Waals surface area contributed by atoms with E-state index in [-0.39, 0.29) is 60.2 Å². The van der Waals surface area contributed by atoms with Gasteiger partial charge in [-0.25, -0.2) is 19.9 Å². The second-order valence-electron chi connectivity index (χ2n) is 16.9. The number of anilines is 1. The minimum Gasteiger partial charge on any atom is -0.484 e. The minimum atomic E-state index is -1.05. The summed E-state index contributed by atoms with van der Waals surface area (Å²) in [5.74, 6) is -0.562. The number of pyridine rings is 1. The maximum atomic E-state index is 13.2. The molecule has 3 N–H and O–H groups in total. The molecule has 318 valence electrons. The highest BCUT2D eigenvalue weighted by atomic mass is 16.5. The zero-order valence-electron chi connectivity index (χ0n) is 34.0. The summed E-state index contributed by atoms with van der Waals surface area (Å²) in [6.07, 6.45) is 9.11. The number of aryl methyl sites for hydroxylation is 1. The fourth-order valence-corrected chi connectivity index (χ4v) is 9.23. The van der Waals surface area contributed by atoms with Gasteiger partial charge in [0.15, 0.2) is 18.1 Å². The number of carbonyl (C=O) groups is 6. The van der Waals surface area contributed by atoms with Gasteiger partial charge >= 0.3 is 0 Å². The molecule has 18 heteroatoms. The third-order valence-corrected chi connectivity index (χ3v) is 12.8. The number of hydrogen-bond acceptors (Lipinski definition) is 13. The molecular formula is C43H49N11O7. The van der Waals surface area contributed by atoms with E-state index < -0.39 is 29.7 Å². The number of benzene rings is 1.